The van der Waals surface area contributed by atoms with Crippen molar-refractivity contribution in [2.24, 2.45) is 0 Å². The van der Waals surface area contributed by atoms with Crippen LogP contribution in [0.1, 0.15) is 11.8 Å². The molecule has 2 aromatic heterocycles. The minimum Gasteiger partial charge on any atom is -0.497 e. The van der Waals surface area contributed by atoms with Crippen LogP contribution in [0.15, 0.2) is 41.5 Å². The first-order chi connectivity index (χ1) is 9.72. The average molecular weight is 286 g/mol. The van der Waals surface area contributed by atoms with Crippen LogP contribution in [0.4, 0.5) is 0 Å². The first kappa shape index (κ1) is 12.9. The molecular weight excluding hydrogens is 272 g/mol. The molecule has 0 aliphatic heterocycles. The average Bonchev–Trinajstić information content (AvgIpc) is 2.92. The van der Waals surface area contributed by atoms with Gasteiger partial charge in [0.15, 0.2) is 0 Å². The zero-order valence-electron chi connectivity index (χ0n) is 11.3. The Labute approximate surface area is 120 Å². The van der Waals surface area contributed by atoms with Crippen molar-refractivity contribution in [3.8, 4) is 11.4 Å². The lowest BCUT2D eigenvalue weighted by atomic mass is 10.3. The van der Waals surface area contributed by atoms with Crippen molar-refractivity contribution in [1.29, 1.82) is 0 Å². The fourth-order valence-corrected chi connectivity index (χ4v) is 3.02. The Bertz CT molecular complexity index is 820. The molecule has 0 atom stereocenters. The molecule has 0 aliphatic rings. The standard InChI is InChI=1S/C15H14N2O2S/c1-3-12-8-13-14(20-12)16-9-17(15(13)18)10-5-4-6-11(7-10)19-2/h4-9H,3H2,1-2H3. The summed E-state index contributed by atoms with van der Waals surface area (Å²) in [7, 11) is 1.61. The van der Waals surface area contributed by atoms with Crippen molar-refractivity contribution in [3.63, 3.8) is 0 Å². The maximum atomic E-state index is 12.5. The Morgan fingerprint density at radius 1 is 1.35 bits per heavy atom. The van der Waals surface area contributed by atoms with E-state index in [4.69, 9.17) is 4.74 Å². The second kappa shape index (κ2) is 5.09. The number of fused-ring (bicyclic) bond motifs is 1. The largest absolute Gasteiger partial charge is 0.497 e. The van der Waals surface area contributed by atoms with Crippen molar-refractivity contribution in [2.45, 2.75) is 13.3 Å². The molecule has 0 unspecified atom stereocenters. The van der Waals surface area contributed by atoms with Crippen LogP contribution in [0.25, 0.3) is 15.9 Å². The molecule has 0 aliphatic carbocycles. The van der Waals surface area contributed by atoms with Crippen molar-refractivity contribution in [1.82, 2.24) is 9.55 Å². The van der Waals surface area contributed by atoms with E-state index in [2.05, 4.69) is 11.9 Å². The molecule has 0 saturated heterocycles. The van der Waals surface area contributed by atoms with Crippen LogP contribution in [0, 0.1) is 0 Å². The van der Waals surface area contributed by atoms with E-state index in [1.165, 1.54) is 4.88 Å². The number of hydrogen-bond acceptors (Lipinski definition) is 4. The molecule has 2 heterocycles. The number of rotatable bonds is 3. The predicted molar refractivity (Wildman–Crippen MR) is 81.1 cm³/mol. The van der Waals surface area contributed by atoms with Gasteiger partial charge in [0.05, 0.1) is 18.2 Å². The number of aromatic nitrogens is 2. The Kier molecular flexibility index (Phi) is 3.28. The van der Waals surface area contributed by atoms with Gasteiger partial charge in [0.1, 0.15) is 16.9 Å². The minimum atomic E-state index is -0.0424. The summed E-state index contributed by atoms with van der Waals surface area (Å²) in [5.41, 5.74) is 0.715. The van der Waals surface area contributed by atoms with Gasteiger partial charge in [-0.3, -0.25) is 9.36 Å². The zero-order valence-corrected chi connectivity index (χ0v) is 12.1. The van der Waals surface area contributed by atoms with Crippen LogP contribution >= 0.6 is 11.3 Å². The van der Waals surface area contributed by atoms with Crippen molar-refractivity contribution in [2.75, 3.05) is 7.11 Å². The van der Waals surface area contributed by atoms with Gasteiger partial charge in [0.2, 0.25) is 0 Å². The molecule has 0 radical (unpaired) electrons. The normalized spacial score (nSPS) is 10.9. The summed E-state index contributed by atoms with van der Waals surface area (Å²) in [4.78, 5) is 18.9. The minimum absolute atomic E-state index is 0.0424. The van der Waals surface area contributed by atoms with Gasteiger partial charge in [-0.25, -0.2) is 4.98 Å². The van der Waals surface area contributed by atoms with Gasteiger partial charge in [-0.1, -0.05) is 13.0 Å². The van der Waals surface area contributed by atoms with Crippen LogP contribution in [-0.4, -0.2) is 16.7 Å². The highest BCUT2D eigenvalue weighted by Gasteiger charge is 2.09. The molecule has 3 aromatic rings. The second-order valence-electron chi connectivity index (χ2n) is 4.41. The molecule has 102 valence electrons. The van der Waals surface area contributed by atoms with Gasteiger partial charge in [0, 0.05) is 10.9 Å². The van der Waals surface area contributed by atoms with E-state index in [9.17, 15) is 4.79 Å². The third-order valence-corrected chi connectivity index (χ3v) is 4.37. The topological polar surface area (TPSA) is 44.1 Å². The third-order valence-electron chi connectivity index (χ3n) is 3.18. The van der Waals surface area contributed by atoms with Crippen molar-refractivity contribution in [3.05, 3.63) is 51.9 Å². The summed E-state index contributed by atoms with van der Waals surface area (Å²) >= 11 is 1.57. The van der Waals surface area contributed by atoms with Crippen molar-refractivity contribution >= 4 is 21.6 Å². The molecule has 0 bridgehead atoms. The summed E-state index contributed by atoms with van der Waals surface area (Å²) in [5, 5.41) is 0.678. The lowest BCUT2D eigenvalue weighted by Gasteiger charge is -2.06. The zero-order chi connectivity index (χ0) is 14.1. The van der Waals surface area contributed by atoms with Gasteiger partial charge in [-0.2, -0.15) is 0 Å². The highest BCUT2D eigenvalue weighted by molar-refractivity contribution is 7.18. The van der Waals surface area contributed by atoms with Gasteiger partial charge < -0.3 is 4.74 Å². The molecule has 0 N–H and O–H groups in total. The molecular formula is C15H14N2O2S. The lowest BCUT2D eigenvalue weighted by Crippen LogP contribution is -2.17. The first-order valence-corrected chi connectivity index (χ1v) is 7.19. The number of aryl methyl sites for hydroxylation is 1. The van der Waals surface area contributed by atoms with E-state index in [1.807, 2.05) is 30.3 Å². The molecule has 20 heavy (non-hydrogen) atoms. The number of hydrogen-bond donors (Lipinski definition) is 0. The molecule has 4 nitrogen and oxygen atoms in total. The highest BCUT2D eigenvalue weighted by atomic mass is 32.1. The highest BCUT2D eigenvalue weighted by Crippen LogP contribution is 2.22. The van der Waals surface area contributed by atoms with E-state index >= 15 is 0 Å². The van der Waals surface area contributed by atoms with Crippen LogP contribution < -0.4 is 10.3 Å². The summed E-state index contributed by atoms with van der Waals surface area (Å²) in [6.45, 7) is 2.07. The van der Waals surface area contributed by atoms with E-state index < -0.39 is 0 Å². The van der Waals surface area contributed by atoms with Crippen LogP contribution in [0.3, 0.4) is 0 Å². The molecule has 5 heteroatoms. The quantitative estimate of drug-likeness (QED) is 0.743. The fourth-order valence-electron chi connectivity index (χ4n) is 2.09. The fraction of sp³-hybridized carbons (Fsp3) is 0.200. The summed E-state index contributed by atoms with van der Waals surface area (Å²) < 4.78 is 6.74. The summed E-state index contributed by atoms with van der Waals surface area (Å²) in [6.07, 6.45) is 2.50. The van der Waals surface area contributed by atoms with Crippen LogP contribution in [0.2, 0.25) is 0 Å². The molecule has 1 aromatic carbocycles. The van der Waals surface area contributed by atoms with E-state index in [0.717, 1.165) is 16.9 Å². The number of benzene rings is 1. The maximum absolute atomic E-state index is 12.5. The van der Waals surface area contributed by atoms with E-state index in [0.29, 0.717) is 11.1 Å². The number of thiophene rings is 1. The predicted octanol–water partition coefficient (Wildman–Crippen LogP) is 3.02. The Balaban J connectivity index is 2.21. The smallest absolute Gasteiger partial charge is 0.266 e. The molecule has 0 saturated carbocycles. The number of methoxy groups -OCH3 is 1. The molecule has 0 spiro atoms. The SMILES string of the molecule is CCc1cc2c(=O)n(-c3cccc(OC)c3)cnc2s1. The van der Waals surface area contributed by atoms with Crippen LogP contribution in [-0.2, 0) is 6.42 Å². The van der Waals surface area contributed by atoms with Gasteiger partial charge >= 0.3 is 0 Å². The van der Waals surface area contributed by atoms with Crippen molar-refractivity contribution < 1.29 is 4.74 Å². The molecule has 0 amide bonds. The number of nitrogens with zero attached hydrogens (tertiary/aromatic N) is 2. The van der Waals surface area contributed by atoms with Crippen LogP contribution in [0.5, 0.6) is 5.75 Å². The summed E-state index contributed by atoms with van der Waals surface area (Å²) in [6, 6.07) is 9.33. The number of ether oxygens (including phenoxy) is 1. The Morgan fingerprint density at radius 3 is 2.95 bits per heavy atom. The lowest BCUT2D eigenvalue weighted by molar-refractivity contribution is 0.414. The second-order valence-corrected chi connectivity index (χ2v) is 5.52. The van der Waals surface area contributed by atoms with Gasteiger partial charge in [-0.15, -0.1) is 11.3 Å². The van der Waals surface area contributed by atoms with Gasteiger partial charge in [-0.05, 0) is 24.6 Å². The third kappa shape index (κ3) is 2.10. The molecule has 3 rings (SSSR count). The van der Waals surface area contributed by atoms with E-state index in [-0.39, 0.29) is 5.56 Å². The summed E-state index contributed by atoms with van der Waals surface area (Å²) in [5.74, 6) is 0.717. The first-order valence-electron chi connectivity index (χ1n) is 6.37. The monoisotopic (exact) mass is 286 g/mol. The Hall–Kier alpha value is -2.14. The maximum Gasteiger partial charge on any atom is 0.266 e. The van der Waals surface area contributed by atoms with E-state index in [1.54, 1.807) is 29.3 Å². The Morgan fingerprint density at radius 2 is 2.20 bits per heavy atom. The molecule has 0 fully saturated rings. The van der Waals surface area contributed by atoms with Gasteiger partial charge in [0.25, 0.3) is 5.56 Å².